The number of Topliss-reactive ketones (excluding diaryl/α,β-unsaturated/α-hetero) is 1. The number of rotatable bonds is 6. The lowest BCUT2D eigenvalue weighted by Crippen LogP contribution is -2.21. The Labute approximate surface area is 150 Å². The van der Waals surface area contributed by atoms with E-state index in [-0.39, 0.29) is 11.5 Å². The van der Waals surface area contributed by atoms with Crippen LogP contribution in [0.4, 0.5) is 0 Å². The lowest BCUT2D eigenvalue weighted by Gasteiger charge is -2.13. The first-order valence-corrected chi connectivity index (χ1v) is 7.74. The van der Waals surface area contributed by atoms with Gasteiger partial charge in [0.1, 0.15) is 17.3 Å². The van der Waals surface area contributed by atoms with Gasteiger partial charge in [0, 0.05) is 5.56 Å². The van der Waals surface area contributed by atoms with Crippen LogP contribution in [-0.4, -0.2) is 36.1 Å². The Morgan fingerprint density at radius 3 is 2.31 bits per heavy atom. The molecule has 1 unspecified atom stereocenters. The van der Waals surface area contributed by atoms with E-state index in [1.54, 1.807) is 44.2 Å². The van der Waals surface area contributed by atoms with Gasteiger partial charge < -0.3 is 19.0 Å². The number of aromatic nitrogens is 1. The standard InChI is InChI=1S/C19H19NO6/c1-11-12(2)26-18(20-11)16(17(22)13-8-6-5-7-9-13)14(19(23)25-4)10-15(21)24-3/h5-9,16,21H,1-4H3. The smallest absolute Gasteiger partial charge is 0.343 e. The molecule has 0 saturated carbocycles. The maximum absolute atomic E-state index is 13.1. The van der Waals surface area contributed by atoms with Crippen molar-refractivity contribution in [2.45, 2.75) is 19.8 Å². The molecule has 7 heteroatoms. The van der Waals surface area contributed by atoms with Crippen LogP contribution in [0.25, 0.3) is 0 Å². The van der Waals surface area contributed by atoms with Crippen LogP contribution in [0.1, 0.15) is 33.6 Å². The molecule has 0 amide bonds. The van der Waals surface area contributed by atoms with Gasteiger partial charge in [0.05, 0.1) is 19.9 Å². The molecule has 0 aliphatic carbocycles. The molecule has 0 saturated heterocycles. The summed E-state index contributed by atoms with van der Waals surface area (Å²) in [5, 5.41) is 9.67. The minimum Gasteiger partial charge on any atom is -0.475 e. The summed E-state index contributed by atoms with van der Waals surface area (Å²) in [5.41, 5.74) is 3.01. The van der Waals surface area contributed by atoms with E-state index in [1.807, 2.05) is 0 Å². The molecule has 0 aliphatic heterocycles. The third-order valence-electron chi connectivity index (χ3n) is 3.74. The van der Waals surface area contributed by atoms with Crippen LogP contribution in [0.5, 0.6) is 0 Å². The molecule has 0 bridgehead atoms. The molecule has 0 spiro atoms. The number of carbonyl (C=O) groups is 2. The largest absolute Gasteiger partial charge is 0.475 e. The molecule has 1 aromatic heterocycles. The first-order valence-electron chi connectivity index (χ1n) is 7.74. The summed E-state index contributed by atoms with van der Waals surface area (Å²) in [4.78, 5) is 29.6. The van der Waals surface area contributed by atoms with Crippen molar-refractivity contribution in [3.63, 3.8) is 0 Å². The van der Waals surface area contributed by atoms with Crippen molar-refractivity contribution in [1.82, 2.24) is 4.98 Å². The van der Waals surface area contributed by atoms with Crippen LogP contribution in [0.3, 0.4) is 0 Å². The van der Waals surface area contributed by atoms with Crippen LogP contribution in [-0.2, 0) is 14.3 Å². The molecule has 0 fully saturated rings. The zero-order chi connectivity index (χ0) is 19.3. The van der Waals surface area contributed by atoms with E-state index in [9.17, 15) is 14.7 Å². The minimum atomic E-state index is -1.26. The number of aryl methyl sites for hydroxylation is 2. The van der Waals surface area contributed by atoms with Crippen LogP contribution < -0.4 is 0 Å². The predicted octanol–water partition coefficient (Wildman–Crippen LogP) is 3.00. The van der Waals surface area contributed by atoms with E-state index >= 15 is 0 Å². The molecule has 1 N–H and O–H groups in total. The van der Waals surface area contributed by atoms with Gasteiger partial charge in [0.15, 0.2) is 5.78 Å². The quantitative estimate of drug-likeness (QED) is 0.279. The lowest BCUT2D eigenvalue weighted by atomic mass is 9.90. The van der Waals surface area contributed by atoms with Gasteiger partial charge in [-0.15, -0.1) is 0 Å². The molecule has 2 aromatic rings. The summed E-state index contributed by atoms with van der Waals surface area (Å²) < 4.78 is 15.0. The Hall–Kier alpha value is -3.31. The van der Waals surface area contributed by atoms with Crippen molar-refractivity contribution in [3.8, 4) is 0 Å². The summed E-state index contributed by atoms with van der Waals surface area (Å²) in [6.07, 6.45) is 0. The van der Waals surface area contributed by atoms with Crippen molar-refractivity contribution in [1.29, 1.82) is 0 Å². The van der Waals surface area contributed by atoms with Gasteiger partial charge in [0.25, 0.3) is 0 Å². The monoisotopic (exact) mass is 357 g/mol. The van der Waals surface area contributed by atoms with Gasteiger partial charge in [-0.05, 0) is 19.6 Å². The van der Waals surface area contributed by atoms with E-state index in [4.69, 9.17) is 9.15 Å². The van der Waals surface area contributed by atoms with Crippen LogP contribution in [0.15, 0.2) is 52.0 Å². The van der Waals surface area contributed by atoms with Gasteiger partial charge in [0.2, 0.25) is 5.89 Å². The SMILES string of the molecule is COC(=O)C(=C=C(O)OC)C(C(=O)c1ccccc1)c1nc(C)c(C)o1. The number of ether oxygens (including phenoxy) is 2. The number of carbonyl (C=O) groups excluding carboxylic acids is 2. The Bertz CT molecular complexity index is 855. The third-order valence-corrected chi connectivity index (χ3v) is 3.74. The molecular formula is C19H19NO6. The van der Waals surface area contributed by atoms with Crippen molar-refractivity contribution in [2.24, 2.45) is 0 Å². The maximum atomic E-state index is 13.1. The van der Waals surface area contributed by atoms with Crippen LogP contribution >= 0.6 is 0 Å². The summed E-state index contributed by atoms with van der Waals surface area (Å²) >= 11 is 0. The summed E-state index contributed by atoms with van der Waals surface area (Å²) in [5.74, 6) is -2.73. The number of benzene rings is 1. The molecular weight excluding hydrogens is 338 g/mol. The van der Waals surface area contributed by atoms with E-state index in [0.29, 0.717) is 17.0 Å². The van der Waals surface area contributed by atoms with E-state index < -0.39 is 23.6 Å². The van der Waals surface area contributed by atoms with Gasteiger partial charge >= 0.3 is 11.9 Å². The van der Waals surface area contributed by atoms with Gasteiger partial charge in [-0.25, -0.2) is 9.78 Å². The van der Waals surface area contributed by atoms with Crippen LogP contribution in [0.2, 0.25) is 0 Å². The second-order valence-corrected chi connectivity index (χ2v) is 5.40. The number of hydrogen-bond acceptors (Lipinski definition) is 7. The van der Waals surface area contributed by atoms with Gasteiger partial charge in [-0.3, -0.25) is 4.79 Å². The molecule has 136 valence electrons. The second kappa shape index (κ2) is 8.18. The minimum absolute atomic E-state index is 0.00524. The van der Waals surface area contributed by atoms with E-state index in [2.05, 4.69) is 15.5 Å². The third kappa shape index (κ3) is 4.02. The molecule has 1 heterocycles. The van der Waals surface area contributed by atoms with E-state index in [1.165, 1.54) is 7.11 Å². The van der Waals surface area contributed by atoms with Crippen LogP contribution in [0, 0.1) is 13.8 Å². The molecule has 1 aromatic carbocycles. The van der Waals surface area contributed by atoms with Crippen molar-refractivity contribution in [2.75, 3.05) is 14.2 Å². The Kier molecular flexibility index (Phi) is 5.98. The lowest BCUT2D eigenvalue weighted by molar-refractivity contribution is -0.136. The second-order valence-electron chi connectivity index (χ2n) is 5.40. The van der Waals surface area contributed by atoms with Crippen molar-refractivity contribution >= 4 is 11.8 Å². The highest BCUT2D eigenvalue weighted by Gasteiger charge is 2.35. The number of aliphatic hydroxyl groups is 1. The van der Waals surface area contributed by atoms with Crippen molar-refractivity contribution < 1.29 is 28.6 Å². The number of ketones is 1. The molecule has 26 heavy (non-hydrogen) atoms. The molecule has 2 rings (SSSR count). The number of hydrogen-bond donors (Lipinski definition) is 1. The summed E-state index contributed by atoms with van der Waals surface area (Å²) in [6, 6.07) is 8.36. The molecule has 0 radical (unpaired) electrons. The summed E-state index contributed by atoms with van der Waals surface area (Å²) in [7, 11) is 2.36. The number of oxazole rings is 1. The highest BCUT2D eigenvalue weighted by molar-refractivity contribution is 6.08. The molecule has 1 atom stereocenters. The average Bonchev–Trinajstić information content (AvgIpc) is 2.99. The Morgan fingerprint density at radius 1 is 1.15 bits per heavy atom. The number of aliphatic hydroxyl groups excluding tert-OH is 1. The van der Waals surface area contributed by atoms with Gasteiger partial charge in [-0.1, -0.05) is 30.3 Å². The predicted molar refractivity (Wildman–Crippen MR) is 91.7 cm³/mol. The molecule has 0 aliphatic rings. The fourth-order valence-corrected chi connectivity index (χ4v) is 2.27. The zero-order valence-electron chi connectivity index (χ0n) is 14.9. The average molecular weight is 357 g/mol. The zero-order valence-corrected chi connectivity index (χ0v) is 14.9. The normalized spacial score (nSPS) is 11.2. The Balaban J connectivity index is 2.71. The van der Waals surface area contributed by atoms with E-state index in [0.717, 1.165) is 7.11 Å². The number of nitrogens with zero attached hydrogens (tertiary/aromatic N) is 1. The van der Waals surface area contributed by atoms with Gasteiger partial charge in [-0.2, -0.15) is 0 Å². The topological polar surface area (TPSA) is 98.9 Å². The maximum Gasteiger partial charge on any atom is 0.343 e. The number of esters is 1. The Morgan fingerprint density at radius 2 is 1.81 bits per heavy atom. The summed E-state index contributed by atoms with van der Waals surface area (Å²) in [6.45, 7) is 3.41. The van der Waals surface area contributed by atoms with Crippen molar-refractivity contribution in [3.05, 3.63) is 70.5 Å². The fourth-order valence-electron chi connectivity index (χ4n) is 2.27. The highest BCUT2D eigenvalue weighted by atomic mass is 16.6. The first-order chi connectivity index (χ1) is 12.4. The molecule has 7 nitrogen and oxygen atoms in total. The fraction of sp³-hybridized carbons (Fsp3) is 0.263. The first kappa shape index (κ1) is 19.0. The number of methoxy groups -OCH3 is 2. The highest BCUT2D eigenvalue weighted by Crippen LogP contribution is 2.30.